The number of pyridine rings is 1. The third-order valence-electron chi connectivity index (χ3n) is 3.45. The molecule has 0 saturated carbocycles. The summed E-state index contributed by atoms with van der Waals surface area (Å²) in [6.45, 7) is 4.20. The first-order chi connectivity index (χ1) is 9.13. The number of hydrogen-bond donors (Lipinski definition) is 1. The molecule has 2 rings (SSSR count). The topological polar surface area (TPSA) is 42.7 Å². The van der Waals surface area contributed by atoms with E-state index in [1.54, 1.807) is 0 Å². The van der Waals surface area contributed by atoms with Crippen molar-refractivity contribution in [2.45, 2.75) is 32.7 Å². The number of nitrogens with one attached hydrogen (secondary N) is 1. The van der Waals surface area contributed by atoms with Gasteiger partial charge in [0, 0.05) is 37.6 Å². The van der Waals surface area contributed by atoms with E-state index in [2.05, 4.69) is 41.4 Å². The molecular formula is C15H22N4. The zero-order valence-corrected chi connectivity index (χ0v) is 12.1. The molecule has 2 aromatic rings. The highest BCUT2D eigenvalue weighted by Crippen LogP contribution is 2.18. The van der Waals surface area contributed by atoms with Gasteiger partial charge in [-0.15, -0.1) is 0 Å². The van der Waals surface area contributed by atoms with Crippen LogP contribution in [0.1, 0.15) is 35.5 Å². The second-order valence-corrected chi connectivity index (χ2v) is 4.95. The average molecular weight is 258 g/mol. The van der Waals surface area contributed by atoms with Crippen molar-refractivity contribution in [1.82, 2.24) is 20.1 Å². The Labute approximate surface area is 114 Å². The molecule has 0 aromatic carbocycles. The van der Waals surface area contributed by atoms with Crippen LogP contribution in [0.25, 0.3) is 0 Å². The van der Waals surface area contributed by atoms with Gasteiger partial charge < -0.3 is 5.32 Å². The Morgan fingerprint density at radius 1 is 1.32 bits per heavy atom. The summed E-state index contributed by atoms with van der Waals surface area (Å²) in [7, 11) is 4.00. The zero-order valence-electron chi connectivity index (χ0n) is 12.1. The summed E-state index contributed by atoms with van der Waals surface area (Å²) < 4.78 is 1.98. The number of aromatic nitrogens is 3. The van der Waals surface area contributed by atoms with Crippen molar-refractivity contribution in [2.75, 3.05) is 7.05 Å². The molecule has 102 valence electrons. The molecule has 1 unspecified atom stereocenters. The van der Waals surface area contributed by atoms with Crippen LogP contribution in [-0.4, -0.2) is 21.8 Å². The number of hydrogen-bond acceptors (Lipinski definition) is 3. The van der Waals surface area contributed by atoms with E-state index in [1.807, 2.05) is 31.2 Å². The smallest absolute Gasteiger partial charge is 0.0624 e. The van der Waals surface area contributed by atoms with Gasteiger partial charge in [-0.2, -0.15) is 5.10 Å². The molecule has 4 nitrogen and oxygen atoms in total. The van der Waals surface area contributed by atoms with Gasteiger partial charge in [0.2, 0.25) is 0 Å². The molecule has 0 spiro atoms. The van der Waals surface area contributed by atoms with E-state index in [9.17, 15) is 0 Å². The fraction of sp³-hybridized carbons (Fsp3) is 0.467. The standard InChI is InChI=1S/C15H22N4/c1-5-13-7-14(19(4)18-13)8-15(16-3)12-6-11(2)9-17-10-12/h6-7,9-10,15-16H,5,8H2,1-4H3. The summed E-state index contributed by atoms with van der Waals surface area (Å²) in [5.41, 5.74) is 4.81. The molecule has 0 aliphatic rings. The minimum absolute atomic E-state index is 0.271. The predicted octanol–water partition coefficient (Wildman–Crippen LogP) is 2.19. The molecular weight excluding hydrogens is 236 g/mol. The van der Waals surface area contributed by atoms with Crippen LogP contribution in [0, 0.1) is 6.92 Å². The van der Waals surface area contributed by atoms with Crippen LogP contribution in [0.15, 0.2) is 24.5 Å². The van der Waals surface area contributed by atoms with Crippen molar-refractivity contribution >= 4 is 0 Å². The maximum Gasteiger partial charge on any atom is 0.0624 e. The molecule has 0 bridgehead atoms. The Hall–Kier alpha value is -1.68. The van der Waals surface area contributed by atoms with Gasteiger partial charge in [-0.05, 0) is 37.6 Å². The lowest BCUT2D eigenvalue weighted by atomic mass is 10.0. The lowest BCUT2D eigenvalue weighted by Gasteiger charge is -2.16. The van der Waals surface area contributed by atoms with Gasteiger partial charge in [-0.25, -0.2) is 0 Å². The number of aryl methyl sites for hydroxylation is 3. The van der Waals surface area contributed by atoms with Crippen molar-refractivity contribution in [1.29, 1.82) is 0 Å². The van der Waals surface area contributed by atoms with Crippen LogP contribution >= 0.6 is 0 Å². The molecule has 0 aliphatic carbocycles. The van der Waals surface area contributed by atoms with Crippen LogP contribution in [0.5, 0.6) is 0 Å². The number of nitrogens with zero attached hydrogens (tertiary/aromatic N) is 3. The second-order valence-electron chi connectivity index (χ2n) is 4.95. The first-order valence-electron chi connectivity index (χ1n) is 6.74. The lowest BCUT2D eigenvalue weighted by Crippen LogP contribution is -2.20. The van der Waals surface area contributed by atoms with Crippen LogP contribution < -0.4 is 5.32 Å². The summed E-state index contributed by atoms with van der Waals surface area (Å²) >= 11 is 0. The normalized spacial score (nSPS) is 12.6. The van der Waals surface area contributed by atoms with Crippen molar-refractivity contribution in [3.05, 3.63) is 47.0 Å². The molecule has 0 aliphatic heterocycles. The predicted molar refractivity (Wildman–Crippen MR) is 77.1 cm³/mol. The van der Waals surface area contributed by atoms with Crippen LogP contribution in [-0.2, 0) is 19.9 Å². The van der Waals surface area contributed by atoms with Gasteiger partial charge in [-0.3, -0.25) is 9.67 Å². The summed E-state index contributed by atoms with van der Waals surface area (Å²) in [5, 5.41) is 7.87. The Morgan fingerprint density at radius 3 is 2.68 bits per heavy atom. The summed E-state index contributed by atoms with van der Waals surface area (Å²) in [5.74, 6) is 0. The molecule has 19 heavy (non-hydrogen) atoms. The van der Waals surface area contributed by atoms with Gasteiger partial charge in [0.25, 0.3) is 0 Å². The van der Waals surface area contributed by atoms with E-state index in [0.29, 0.717) is 0 Å². The highest BCUT2D eigenvalue weighted by atomic mass is 15.3. The Morgan fingerprint density at radius 2 is 2.11 bits per heavy atom. The second kappa shape index (κ2) is 5.97. The van der Waals surface area contributed by atoms with Crippen LogP contribution in [0.4, 0.5) is 0 Å². The lowest BCUT2D eigenvalue weighted by molar-refractivity contribution is 0.559. The van der Waals surface area contributed by atoms with E-state index in [1.165, 1.54) is 16.8 Å². The highest BCUT2D eigenvalue weighted by Gasteiger charge is 2.14. The summed E-state index contributed by atoms with van der Waals surface area (Å²) in [6.07, 6.45) is 5.72. The maximum atomic E-state index is 4.50. The Kier molecular flexibility index (Phi) is 4.32. The SMILES string of the molecule is CCc1cc(CC(NC)c2cncc(C)c2)n(C)n1. The fourth-order valence-electron chi connectivity index (χ4n) is 2.30. The first kappa shape index (κ1) is 13.7. The van der Waals surface area contributed by atoms with Crippen molar-refractivity contribution in [3.8, 4) is 0 Å². The molecule has 2 aromatic heterocycles. The number of rotatable bonds is 5. The van der Waals surface area contributed by atoms with Gasteiger partial charge in [-0.1, -0.05) is 13.0 Å². The maximum absolute atomic E-state index is 4.50. The summed E-state index contributed by atoms with van der Waals surface area (Å²) in [4.78, 5) is 4.28. The van der Waals surface area contributed by atoms with E-state index >= 15 is 0 Å². The fourth-order valence-corrected chi connectivity index (χ4v) is 2.30. The first-order valence-corrected chi connectivity index (χ1v) is 6.74. The average Bonchev–Trinajstić information content (AvgIpc) is 2.76. The molecule has 1 atom stereocenters. The van der Waals surface area contributed by atoms with Crippen LogP contribution in [0.2, 0.25) is 0 Å². The van der Waals surface area contributed by atoms with E-state index in [-0.39, 0.29) is 6.04 Å². The molecule has 0 radical (unpaired) electrons. The minimum atomic E-state index is 0.271. The molecule has 0 fully saturated rings. The molecule has 1 N–H and O–H groups in total. The third-order valence-corrected chi connectivity index (χ3v) is 3.45. The minimum Gasteiger partial charge on any atom is -0.313 e. The molecule has 2 heterocycles. The number of likely N-dealkylation sites (N-methyl/N-ethyl adjacent to an activating group) is 1. The molecule has 4 heteroatoms. The zero-order chi connectivity index (χ0) is 13.8. The molecule has 0 amide bonds. The van der Waals surface area contributed by atoms with E-state index < -0.39 is 0 Å². The van der Waals surface area contributed by atoms with E-state index in [0.717, 1.165) is 18.5 Å². The van der Waals surface area contributed by atoms with Gasteiger partial charge >= 0.3 is 0 Å². The Bertz CT molecular complexity index is 545. The van der Waals surface area contributed by atoms with Gasteiger partial charge in [0.05, 0.1) is 5.69 Å². The largest absolute Gasteiger partial charge is 0.313 e. The molecule has 0 saturated heterocycles. The monoisotopic (exact) mass is 258 g/mol. The summed E-state index contributed by atoms with van der Waals surface area (Å²) in [6, 6.07) is 4.64. The Balaban J connectivity index is 2.21. The van der Waals surface area contributed by atoms with Crippen molar-refractivity contribution < 1.29 is 0 Å². The van der Waals surface area contributed by atoms with Crippen molar-refractivity contribution in [3.63, 3.8) is 0 Å². The third kappa shape index (κ3) is 3.20. The van der Waals surface area contributed by atoms with Crippen molar-refractivity contribution in [2.24, 2.45) is 7.05 Å². The quantitative estimate of drug-likeness (QED) is 0.894. The van der Waals surface area contributed by atoms with Gasteiger partial charge in [0.15, 0.2) is 0 Å². The van der Waals surface area contributed by atoms with E-state index in [4.69, 9.17) is 0 Å². The highest BCUT2D eigenvalue weighted by molar-refractivity contribution is 5.22. The van der Waals surface area contributed by atoms with Crippen LogP contribution in [0.3, 0.4) is 0 Å². The van der Waals surface area contributed by atoms with Gasteiger partial charge in [0.1, 0.15) is 0 Å².